The maximum absolute atomic E-state index is 5.47. The second-order valence-electron chi connectivity index (χ2n) is 6.46. The largest absolute Gasteiger partial charge is 0.336 e. The molecule has 1 fully saturated rings. The molecule has 0 aliphatic carbocycles. The molecule has 134 valence electrons. The summed E-state index contributed by atoms with van der Waals surface area (Å²) in [6, 6.07) is 2.07. The molecule has 0 bridgehead atoms. The predicted octanol–water partition coefficient (Wildman–Crippen LogP) is 2.39. The minimum absolute atomic E-state index is 0. The van der Waals surface area contributed by atoms with Gasteiger partial charge in [-0.1, -0.05) is 24.2 Å². The molecule has 3 aromatic rings. The summed E-state index contributed by atoms with van der Waals surface area (Å²) in [6.45, 7) is 6.89. The lowest BCUT2D eigenvalue weighted by molar-refractivity contribution is 0.190. The molecule has 0 aromatic carbocycles. The summed E-state index contributed by atoms with van der Waals surface area (Å²) < 4.78 is 10.7. The summed E-state index contributed by atoms with van der Waals surface area (Å²) in [6.07, 6.45) is 1.68. The Morgan fingerprint density at radius 2 is 2.12 bits per heavy atom. The summed E-state index contributed by atoms with van der Waals surface area (Å²) in [5.41, 5.74) is 2.19. The number of hydrogen-bond donors (Lipinski definition) is 1. The Hall–Kier alpha value is -2.03. The number of nitrogens with one attached hydrogen (secondary N) is 1. The summed E-state index contributed by atoms with van der Waals surface area (Å²) in [4.78, 5) is 11.1. The van der Waals surface area contributed by atoms with Gasteiger partial charge in [-0.15, -0.1) is 12.4 Å². The molecule has 1 unspecified atom stereocenters. The Labute approximate surface area is 151 Å². The Balaban J connectivity index is 0.00000182. The van der Waals surface area contributed by atoms with Gasteiger partial charge < -0.3 is 14.4 Å². The van der Waals surface area contributed by atoms with Crippen molar-refractivity contribution in [3.05, 3.63) is 23.8 Å². The zero-order valence-electron chi connectivity index (χ0n) is 14.4. The molecule has 25 heavy (non-hydrogen) atoms. The molecular weight excluding hydrogens is 344 g/mol. The lowest BCUT2D eigenvalue weighted by Crippen LogP contribution is -2.44. The third-order valence-corrected chi connectivity index (χ3v) is 4.40. The van der Waals surface area contributed by atoms with Crippen LogP contribution in [0.15, 0.2) is 21.3 Å². The third-order valence-electron chi connectivity index (χ3n) is 4.40. The first-order valence-corrected chi connectivity index (χ1v) is 8.13. The number of likely N-dealkylation sites (N-methyl/N-ethyl adjacent to an activating group) is 1. The van der Waals surface area contributed by atoms with Crippen LogP contribution in [0.4, 0.5) is 0 Å². The fourth-order valence-electron chi connectivity index (χ4n) is 2.97. The van der Waals surface area contributed by atoms with E-state index in [0.717, 1.165) is 36.3 Å². The highest BCUT2D eigenvalue weighted by molar-refractivity contribution is 5.85. The molecule has 8 nitrogen and oxygen atoms in total. The van der Waals surface area contributed by atoms with Crippen LogP contribution < -0.4 is 5.32 Å². The smallest absolute Gasteiger partial charge is 0.259 e. The van der Waals surface area contributed by atoms with Gasteiger partial charge in [0.05, 0.1) is 22.7 Å². The number of hydrogen-bond acceptors (Lipinski definition) is 8. The molecule has 4 rings (SSSR count). The second-order valence-corrected chi connectivity index (χ2v) is 6.46. The van der Waals surface area contributed by atoms with Crippen LogP contribution in [0, 0.1) is 0 Å². The third kappa shape index (κ3) is 3.24. The van der Waals surface area contributed by atoms with E-state index >= 15 is 0 Å². The second kappa shape index (κ2) is 7.07. The summed E-state index contributed by atoms with van der Waals surface area (Å²) in [5.74, 6) is 1.41. The van der Waals surface area contributed by atoms with E-state index in [1.165, 1.54) is 0 Å². The van der Waals surface area contributed by atoms with E-state index in [4.69, 9.17) is 9.05 Å². The Bertz CT molecular complexity index is 861. The number of halogens is 1. The number of fused-ring (bicyclic) bond motifs is 1. The SMILES string of the molecule is CC(C)c1noc2ncc(-c3nc(C4CNCCN4C)no3)cc12.Cl. The highest BCUT2D eigenvalue weighted by atomic mass is 35.5. The van der Waals surface area contributed by atoms with Crippen molar-refractivity contribution >= 4 is 23.5 Å². The van der Waals surface area contributed by atoms with Crippen molar-refractivity contribution in [2.45, 2.75) is 25.8 Å². The first-order chi connectivity index (χ1) is 11.6. The monoisotopic (exact) mass is 364 g/mol. The van der Waals surface area contributed by atoms with Crippen LogP contribution in [0.3, 0.4) is 0 Å². The van der Waals surface area contributed by atoms with Crippen LogP contribution in [0.2, 0.25) is 0 Å². The first-order valence-electron chi connectivity index (χ1n) is 8.13. The fraction of sp³-hybridized carbons (Fsp3) is 0.500. The molecule has 1 atom stereocenters. The normalized spacial score (nSPS) is 18.6. The zero-order chi connectivity index (χ0) is 16.7. The molecule has 1 saturated heterocycles. The summed E-state index contributed by atoms with van der Waals surface area (Å²) in [5, 5.41) is 12.5. The number of nitrogens with zero attached hydrogens (tertiary/aromatic N) is 5. The van der Waals surface area contributed by atoms with E-state index < -0.39 is 0 Å². The van der Waals surface area contributed by atoms with Gasteiger partial charge in [0.1, 0.15) is 0 Å². The van der Waals surface area contributed by atoms with Crippen molar-refractivity contribution in [1.82, 2.24) is 30.5 Å². The minimum Gasteiger partial charge on any atom is -0.336 e. The molecule has 3 aromatic heterocycles. The van der Waals surface area contributed by atoms with Crippen LogP contribution in [0.25, 0.3) is 22.6 Å². The molecule has 1 aliphatic rings. The van der Waals surface area contributed by atoms with Gasteiger partial charge in [0.15, 0.2) is 5.82 Å². The van der Waals surface area contributed by atoms with Crippen molar-refractivity contribution < 1.29 is 9.05 Å². The van der Waals surface area contributed by atoms with Crippen molar-refractivity contribution in [3.8, 4) is 11.5 Å². The average molecular weight is 365 g/mol. The van der Waals surface area contributed by atoms with Gasteiger partial charge in [0, 0.05) is 25.8 Å². The van der Waals surface area contributed by atoms with E-state index in [-0.39, 0.29) is 24.4 Å². The van der Waals surface area contributed by atoms with E-state index in [1.807, 2.05) is 6.07 Å². The molecular formula is C16H21ClN6O2. The standard InChI is InChI=1S/C16H20N6O2.ClH/c1-9(2)13-11-6-10(7-18-16(11)24-20-13)15-19-14(21-23-15)12-8-17-4-5-22(12)3;/h6-7,9,12,17H,4-5,8H2,1-3H3;1H. The van der Waals surface area contributed by atoms with Crippen molar-refractivity contribution in [3.63, 3.8) is 0 Å². The molecule has 4 heterocycles. The van der Waals surface area contributed by atoms with Crippen molar-refractivity contribution in [2.24, 2.45) is 0 Å². The minimum atomic E-state index is 0. The van der Waals surface area contributed by atoms with Gasteiger partial charge in [-0.25, -0.2) is 4.98 Å². The van der Waals surface area contributed by atoms with Gasteiger partial charge in [0.25, 0.3) is 11.6 Å². The fourth-order valence-corrected chi connectivity index (χ4v) is 2.97. The van der Waals surface area contributed by atoms with E-state index in [0.29, 0.717) is 17.4 Å². The van der Waals surface area contributed by atoms with Gasteiger partial charge >= 0.3 is 0 Å². The number of rotatable bonds is 3. The lowest BCUT2D eigenvalue weighted by atomic mass is 10.1. The number of piperazine rings is 1. The maximum Gasteiger partial charge on any atom is 0.259 e. The highest BCUT2D eigenvalue weighted by Gasteiger charge is 2.26. The Morgan fingerprint density at radius 3 is 2.88 bits per heavy atom. The summed E-state index contributed by atoms with van der Waals surface area (Å²) >= 11 is 0. The van der Waals surface area contributed by atoms with Gasteiger partial charge in [-0.05, 0) is 19.0 Å². The zero-order valence-corrected chi connectivity index (χ0v) is 15.2. The summed E-state index contributed by atoms with van der Waals surface area (Å²) in [7, 11) is 2.07. The van der Waals surface area contributed by atoms with Crippen LogP contribution in [-0.4, -0.2) is 51.9 Å². The van der Waals surface area contributed by atoms with Gasteiger partial charge in [-0.3, -0.25) is 4.90 Å². The van der Waals surface area contributed by atoms with Gasteiger partial charge in [-0.2, -0.15) is 4.98 Å². The molecule has 0 saturated carbocycles. The molecule has 0 radical (unpaired) electrons. The predicted molar refractivity (Wildman–Crippen MR) is 94.7 cm³/mol. The van der Waals surface area contributed by atoms with Crippen molar-refractivity contribution in [2.75, 3.05) is 26.7 Å². The number of pyridine rings is 1. The topological polar surface area (TPSA) is 93.1 Å². The molecule has 0 amide bonds. The van der Waals surface area contributed by atoms with Crippen LogP contribution in [0.5, 0.6) is 0 Å². The first kappa shape index (κ1) is 17.8. The van der Waals surface area contributed by atoms with Crippen LogP contribution >= 0.6 is 12.4 Å². The average Bonchev–Trinajstić information content (AvgIpc) is 3.21. The van der Waals surface area contributed by atoms with Crippen LogP contribution in [0.1, 0.15) is 37.3 Å². The molecule has 9 heteroatoms. The Morgan fingerprint density at radius 1 is 1.28 bits per heavy atom. The quantitative estimate of drug-likeness (QED) is 0.757. The van der Waals surface area contributed by atoms with E-state index in [9.17, 15) is 0 Å². The Kier molecular flexibility index (Phi) is 5.03. The van der Waals surface area contributed by atoms with E-state index in [1.54, 1.807) is 6.20 Å². The van der Waals surface area contributed by atoms with E-state index in [2.05, 4.69) is 51.4 Å². The highest BCUT2D eigenvalue weighted by Crippen LogP contribution is 2.28. The molecule has 1 aliphatic heterocycles. The van der Waals surface area contributed by atoms with Gasteiger partial charge in [0.2, 0.25) is 0 Å². The van der Waals surface area contributed by atoms with Crippen molar-refractivity contribution in [1.29, 1.82) is 0 Å². The lowest BCUT2D eigenvalue weighted by Gasteiger charge is -2.30. The molecule has 0 spiro atoms. The van der Waals surface area contributed by atoms with Crippen LogP contribution in [-0.2, 0) is 0 Å². The number of aromatic nitrogens is 4. The molecule has 1 N–H and O–H groups in total. The maximum atomic E-state index is 5.47.